The second-order valence-corrected chi connectivity index (χ2v) is 6.71. The molecule has 0 spiro atoms. The molecule has 0 amide bonds. The Hall–Kier alpha value is -2.14. The number of nitrogens with one attached hydrogen (secondary N) is 1. The first-order chi connectivity index (χ1) is 11.1. The minimum atomic E-state index is -0.193. The van der Waals surface area contributed by atoms with Crippen LogP contribution in [0.4, 0.5) is 0 Å². The molecular formula is C18H21N3O2. The number of aromatic nitrogens is 2. The SMILES string of the molecule is CC(C)[C@@H]1CCCN1Cc1nc2c(oc3ccccc32)c(=O)[nH]1. The molecule has 3 heterocycles. The summed E-state index contributed by atoms with van der Waals surface area (Å²) in [6.07, 6.45) is 2.43. The van der Waals surface area contributed by atoms with Gasteiger partial charge < -0.3 is 9.40 Å². The number of para-hydroxylation sites is 1. The second kappa shape index (κ2) is 5.49. The van der Waals surface area contributed by atoms with Crippen molar-refractivity contribution in [1.29, 1.82) is 0 Å². The molecule has 0 unspecified atom stereocenters. The molecule has 5 heteroatoms. The number of fused-ring (bicyclic) bond motifs is 3. The molecule has 120 valence electrons. The van der Waals surface area contributed by atoms with Crippen LogP contribution in [-0.2, 0) is 6.54 Å². The predicted octanol–water partition coefficient (Wildman–Crippen LogP) is 3.29. The molecule has 0 aliphatic carbocycles. The Balaban J connectivity index is 1.76. The molecule has 1 aromatic carbocycles. The minimum Gasteiger partial charge on any atom is -0.449 e. The summed E-state index contributed by atoms with van der Waals surface area (Å²) in [5, 5.41) is 0.900. The van der Waals surface area contributed by atoms with E-state index < -0.39 is 0 Å². The van der Waals surface area contributed by atoms with Crippen molar-refractivity contribution in [3.05, 3.63) is 40.4 Å². The Morgan fingerprint density at radius 1 is 1.39 bits per heavy atom. The summed E-state index contributed by atoms with van der Waals surface area (Å²) < 4.78 is 5.65. The molecule has 1 aliphatic heterocycles. The van der Waals surface area contributed by atoms with Gasteiger partial charge in [-0.3, -0.25) is 9.69 Å². The number of nitrogens with zero attached hydrogens (tertiary/aromatic N) is 2. The van der Waals surface area contributed by atoms with Gasteiger partial charge in [-0.05, 0) is 37.4 Å². The number of hydrogen-bond acceptors (Lipinski definition) is 4. The van der Waals surface area contributed by atoms with Crippen molar-refractivity contribution >= 4 is 22.1 Å². The number of benzene rings is 1. The number of rotatable bonds is 3. The predicted molar refractivity (Wildman–Crippen MR) is 90.4 cm³/mol. The van der Waals surface area contributed by atoms with Gasteiger partial charge in [0.15, 0.2) is 0 Å². The summed E-state index contributed by atoms with van der Waals surface area (Å²) in [4.78, 5) is 22.4. The highest BCUT2D eigenvalue weighted by Gasteiger charge is 2.27. The largest absolute Gasteiger partial charge is 0.449 e. The summed E-state index contributed by atoms with van der Waals surface area (Å²) >= 11 is 0. The van der Waals surface area contributed by atoms with E-state index in [9.17, 15) is 4.79 Å². The maximum absolute atomic E-state index is 12.4. The van der Waals surface area contributed by atoms with Crippen LogP contribution in [-0.4, -0.2) is 27.5 Å². The van der Waals surface area contributed by atoms with Gasteiger partial charge in [-0.2, -0.15) is 0 Å². The summed E-state index contributed by atoms with van der Waals surface area (Å²) in [5.74, 6) is 1.34. The Morgan fingerprint density at radius 2 is 2.22 bits per heavy atom. The number of aromatic amines is 1. The van der Waals surface area contributed by atoms with E-state index in [1.54, 1.807) is 0 Å². The van der Waals surface area contributed by atoms with Crippen LogP contribution in [0, 0.1) is 5.92 Å². The topological polar surface area (TPSA) is 62.1 Å². The van der Waals surface area contributed by atoms with Crippen molar-refractivity contribution < 1.29 is 4.42 Å². The third-order valence-corrected chi connectivity index (χ3v) is 4.82. The van der Waals surface area contributed by atoms with E-state index in [0.29, 0.717) is 35.2 Å². The van der Waals surface area contributed by atoms with Gasteiger partial charge in [-0.1, -0.05) is 26.0 Å². The maximum Gasteiger partial charge on any atom is 0.294 e. The lowest BCUT2D eigenvalue weighted by Crippen LogP contribution is -2.34. The van der Waals surface area contributed by atoms with Crippen molar-refractivity contribution in [3.63, 3.8) is 0 Å². The third kappa shape index (κ3) is 2.45. The first-order valence-corrected chi connectivity index (χ1v) is 8.28. The van der Waals surface area contributed by atoms with Gasteiger partial charge in [0, 0.05) is 11.4 Å². The van der Waals surface area contributed by atoms with Crippen LogP contribution >= 0.6 is 0 Å². The molecule has 1 atom stereocenters. The zero-order valence-corrected chi connectivity index (χ0v) is 13.5. The molecule has 0 saturated carbocycles. The molecule has 5 nitrogen and oxygen atoms in total. The highest BCUT2D eigenvalue weighted by Crippen LogP contribution is 2.27. The first kappa shape index (κ1) is 14.5. The lowest BCUT2D eigenvalue weighted by molar-refractivity contribution is 0.194. The summed E-state index contributed by atoms with van der Waals surface area (Å²) in [6.45, 7) is 6.27. The number of likely N-dealkylation sites (tertiary alicyclic amines) is 1. The van der Waals surface area contributed by atoms with Crippen LogP contribution in [0.15, 0.2) is 33.5 Å². The highest BCUT2D eigenvalue weighted by atomic mass is 16.3. The molecule has 0 bridgehead atoms. The van der Waals surface area contributed by atoms with Crippen molar-refractivity contribution in [2.75, 3.05) is 6.54 Å². The number of furan rings is 1. The molecule has 4 rings (SSSR count). The Bertz CT molecular complexity index is 909. The Morgan fingerprint density at radius 3 is 3.04 bits per heavy atom. The van der Waals surface area contributed by atoms with Crippen LogP contribution in [0.5, 0.6) is 0 Å². The number of hydrogen-bond donors (Lipinski definition) is 1. The van der Waals surface area contributed by atoms with E-state index in [2.05, 4.69) is 23.7 Å². The average Bonchev–Trinajstić information content (AvgIpc) is 3.12. The monoisotopic (exact) mass is 311 g/mol. The summed E-state index contributed by atoms with van der Waals surface area (Å²) in [5.41, 5.74) is 1.50. The van der Waals surface area contributed by atoms with Gasteiger partial charge in [0.25, 0.3) is 5.56 Å². The van der Waals surface area contributed by atoms with E-state index in [1.165, 1.54) is 12.8 Å². The van der Waals surface area contributed by atoms with Gasteiger partial charge in [0.2, 0.25) is 5.58 Å². The van der Waals surface area contributed by atoms with E-state index in [-0.39, 0.29) is 5.56 Å². The maximum atomic E-state index is 12.4. The third-order valence-electron chi connectivity index (χ3n) is 4.82. The lowest BCUT2D eigenvalue weighted by Gasteiger charge is -2.26. The highest BCUT2D eigenvalue weighted by molar-refractivity contribution is 6.01. The normalized spacial score (nSPS) is 19.3. The fourth-order valence-corrected chi connectivity index (χ4v) is 3.72. The van der Waals surface area contributed by atoms with Crippen molar-refractivity contribution in [3.8, 4) is 0 Å². The van der Waals surface area contributed by atoms with Crippen LogP contribution in [0.1, 0.15) is 32.5 Å². The van der Waals surface area contributed by atoms with Crippen LogP contribution < -0.4 is 5.56 Å². The standard InChI is InChI=1S/C18H21N3O2/c1-11(2)13-7-5-9-21(13)10-15-19-16-12-6-3-4-8-14(12)23-17(16)18(22)20-15/h3-4,6,8,11,13H,5,7,9-10H2,1-2H3,(H,19,20,22)/t13-/m0/s1. The Labute approximate surface area is 134 Å². The summed E-state index contributed by atoms with van der Waals surface area (Å²) in [7, 11) is 0. The smallest absolute Gasteiger partial charge is 0.294 e. The first-order valence-electron chi connectivity index (χ1n) is 8.28. The van der Waals surface area contributed by atoms with Crippen molar-refractivity contribution in [2.45, 2.75) is 39.3 Å². The zero-order chi connectivity index (χ0) is 16.0. The lowest BCUT2D eigenvalue weighted by atomic mass is 10.0. The Kier molecular flexibility index (Phi) is 3.45. The fourth-order valence-electron chi connectivity index (χ4n) is 3.72. The molecule has 2 aromatic heterocycles. The van der Waals surface area contributed by atoms with E-state index >= 15 is 0 Å². The molecule has 0 radical (unpaired) electrons. The van der Waals surface area contributed by atoms with Gasteiger partial charge in [-0.15, -0.1) is 0 Å². The van der Waals surface area contributed by atoms with Crippen molar-refractivity contribution in [1.82, 2.24) is 14.9 Å². The van der Waals surface area contributed by atoms with Gasteiger partial charge >= 0.3 is 0 Å². The zero-order valence-electron chi connectivity index (χ0n) is 13.5. The molecule has 1 fully saturated rings. The molecule has 23 heavy (non-hydrogen) atoms. The fraction of sp³-hybridized carbons (Fsp3) is 0.444. The number of H-pyrrole nitrogens is 1. The van der Waals surface area contributed by atoms with Crippen LogP contribution in [0.3, 0.4) is 0 Å². The van der Waals surface area contributed by atoms with Gasteiger partial charge in [-0.25, -0.2) is 4.98 Å². The van der Waals surface area contributed by atoms with E-state index in [0.717, 1.165) is 17.8 Å². The molecular weight excluding hydrogens is 290 g/mol. The van der Waals surface area contributed by atoms with Crippen molar-refractivity contribution in [2.24, 2.45) is 5.92 Å². The van der Waals surface area contributed by atoms with Crippen LogP contribution in [0.2, 0.25) is 0 Å². The van der Waals surface area contributed by atoms with Crippen LogP contribution in [0.25, 0.3) is 22.1 Å². The molecule has 1 N–H and O–H groups in total. The molecule has 3 aromatic rings. The molecule has 1 aliphatic rings. The quantitative estimate of drug-likeness (QED) is 0.806. The second-order valence-electron chi connectivity index (χ2n) is 6.71. The average molecular weight is 311 g/mol. The minimum absolute atomic E-state index is 0.193. The van der Waals surface area contributed by atoms with Gasteiger partial charge in [0.05, 0.1) is 6.54 Å². The summed E-state index contributed by atoms with van der Waals surface area (Å²) in [6, 6.07) is 8.22. The molecule has 1 saturated heterocycles. The van der Waals surface area contributed by atoms with Gasteiger partial charge in [0.1, 0.15) is 16.9 Å². The van der Waals surface area contributed by atoms with E-state index in [4.69, 9.17) is 9.40 Å². The van der Waals surface area contributed by atoms with E-state index in [1.807, 2.05) is 24.3 Å².